The van der Waals surface area contributed by atoms with Crippen molar-refractivity contribution < 1.29 is 4.74 Å². The zero-order chi connectivity index (χ0) is 11.5. The molecule has 0 bridgehead atoms. The van der Waals surface area contributed by atoms with Gasteiger partial charge >= 0.3 is 0 Å². The van der Waals surface area contributed by atoms with Gasteiger partial charge in [0.05, 0.1) is 12.2 Å². The summed E-state index contributed by atoms with van der Waals surface area (Å²) in [5, 5.41) is 0. The van der Waals surface area contributed by atoms with Crippen molar-refractivity contribution in [3.05, 3.63) is 0 Å². The fraction of sp³-hybridized carbons (Fsp3) is 1.00. The number of rotatable bonds is 3. The van der Waals surface area contributed by atoms with Gasteiger partial charge in [0.1, 0.15) is 0 Å². The molecule has 0 amide bonds. The molecule has 2 aliphatic carbocycles. The van der Waals surface area contributed by atoms with E-state index in [1.807, 2.05) is 0 Å². The van der Waals surface area contributed by atoms with Crippen LogP contribution in [0.15, 0.2) is 0 Å². The lowest BCUT2D eigenvalue weighted by molar-refractivity contribution is -0.0618. The Morgan fingerprint density at radius 1 is 1.06 bits per heavy atom. The Balaban J connectivity index is 1.84. The van der Waals surface area contributed by atoms with Gasteiger partial charge in [-0.15, -0.1) is 0 Å². The van der Waals surface area contributed by atoms with Gasteiger partial charge in [-0.25, -0.2) is 0 Å². The monoisotopic (exact) mass is 225 g/mol. The van der Waals surface area contributed by atoms with Gasteiger partial charge in [-0.3, -0.25) is 0 Å². The molecule has 16 heavy (non-hydrogen) atoms. The lowest BCUT2D eigenvalue weighted by Gasteiger charge is -2.34. The van der Waals surface area contributed by atoms with Crippen LogP contribution in [0.5, 0.6) is 0 Å². The van der Waals surface area contributed by atoms with Gasteiger partial charge in [0.15, 0.2) is 0 Å². The van der Waals surface area contributed by atoms with Crippen LogP contribution in [-0.4, -0.2) is 18.8 Å². The third kappa shape index (κ3) is 2.98. The van der Waals surface area contributed by atoms with E-state index >= 15 is 0 Å². The molecular formula is C14H27NO. The van der Waals surface area contributed by atoms with Gasteiger partial charge in [-0.1, -0.05) is 20.3 Å². The second-order valence-electron chi connectivity index (χ2n) is 6.14. The highest BCUT2D eigenvalue weighted by atomic mass is 16.5. The molecule has 4 atom stereocenters. The fourth-order valence-electron chi connectivity index (χ4n) is 3.68. The highest BCUT2D eigenvalue weighted by molar-refractivity contribution is 4.82. The van der Waals surface area contributed by atoms with Crippen molar-refractivity contribution >= 4 is 0 Å². The van der Waals surface area contributed by atoms with Crippen molar-refractivity contribution in [3.8, 4) is 0 Å². The molecule has 0 aliphatic heterocycles. The van der Waals surface area contributed by atoms with Gasteiger partial charge in [0, 0.05) is 0 Å². The first-order chi connectivity index (χ1) is 7.69. The molecule has 2 heteroatoms. The first-order valence-electron chi connectivity index (χ1n) is 7.04. The van der Waals surface area contributed by atoms with E-state index in [-0.39, 0.29) is 0 Å². The third-order valence-corrected chi connectivity index (χ3v) is 4.39. The van der Waals surface area contributed by atoms with E-state index in [0.717, 1.165) is 18.4 Å². The van der Waals surface area contributed by atoms with Crippen LogP contribution in [0.1, 0.15) is 52.4 Å². The predicted molar refractivity (Wildman–Crippen MR) is 67.2 cm³/mol. The second-order valence-corrected chi connectivity index (χ2v) is 6.14. The van der Waals surface area contributed by atoms with Crippen LogP contribution in [-0.2, 0) is 4.74 Å². The first-order valence-corrected chi connectivity index (χ1v) is 7.04. The normalized spacial score (nSPS) is 44.8. The molecule has 2 nitrogen and oxygen atoms in total. The van der Waals surface area contributed by atoms with Crippen LogP contribution in [0.2, 0.25) is 0 Å². The van der Waals surface area contributed by atoms with Crippen molar-refractivity contribution in [3.63, 3.8) is 0 Å². The smallest absolute Gasteiger partial charge is 0.0619 e. The van der Waals surface area contributed by atoms with Crippen LogP contribution in [0, 0.1) is 17.8 Å². The zero-order valence-electron chi connectivity index (χ0n) is 10.8. The van der Waals surface area contributed by atoms with Crippen LogP contribution in [0.4, 0.5) is 0 Å². The van der Waals surface area contributed by atoms with Gasteiger partial charge < -0.3 is 10.5 Å². The summed E-state index contributed by atoms with van der Waals surface area (Å²) >= 11 is 0. The quantitative estimate of drug-likeness (QED) is 0.801. The summed E-state index contributed by atoms with van der Waals surface area (Å²) in [6, 6.07) is 0. The van der Waals surface area contributed by atoms with Gasteiger partial charge in [0.2, 0.25) is 0 Å². The standard InChI is InChI=1S/C14H27NO/c1-10-6-11(2)8-13(7-10)16-14-5-3-4-12(14)9-15/h10-14H,3-9,15H2,1-2H3. The van der Waals surface area contributed by atoms with Crippen LogP contribution < -0.4 is 5.73 Å². The predicted octanol–water partition coefficient (Wildman–Crippen LogP) is 2.96. The number of hydrogen-bond donors (Lipinski definition) is 1. The minimum Gasteiger partial charge on any atom is -0.375 e. The van der Waals surface area contributed by atoms with E-state index in [9.17, 15) is 0 Å². The van der Waals surface area contributed by atoms with Crippen molar-refractivity contribution in [2.45, 2.75) is 64.6 Å². The van der Waals surface area contributed by atoms with E-state index < -0.39 is 0 Å². The Hall–Kier alpha value is -0.0800. The van der Waals surface area contributed by atoms with Crippen molar-refractivity contribution in [2.75, 3.05) is 6.54 Å². The van der Waals surface area contributed by atoms with Gasteiger partial charge in [0.25, 0.3) is 0 Å². The molecule has 0 aromatic rings. The van der Waals surface area contributed by atoms with Crippen molar-refractivity contribution in [1.82, 2.24) is 0 Å². The molecule has 0 radical (unpaired) electrons. The number of hydrogen-bond acceptors (Lipinski definition) is 2. The molecule has 0 heterocycles. The second kappa shape index (κ2) is 5.50. The number of ether oxygens (including phenoxy) is 1. The summed E-state index contributed by atoms with van der Waals surface area (Å²) in [7, 11) is 0. The molecule has 2 aliphatic rings. The summed E-state index contributed by atoms with van der Waals surface area (Å²) < 4.78 is 6.32. The van der Waals surface area contributed by atoms with Gasteiger partial charge in [-0.2, -0.15) is 0 Å². The highest BCUT2D eigenvalue weighted by Crippen LogP contribution is 2.35. The molecule has 94 valence electrons. The topological polar surface area (TPSA) is 35.2 Å². The summed E-state index contributed by atoms with van der Waals surface area (Å²) in [4.78, 5) is 0. The summed E-state index contributed by atoms with van der Waals surface area (Å²) in [6.07, 6.45) is 8.70. The lowest BCUT2D eigenvalue weighted by atomic mass is 9.81. The maximum atomic E-state index is 6.32. The van der Waals surface area contributed by atoms with E-state index in [1.165, 1.54) is 38.5 Å². The maximum Gasteiger partial charge on any atom is 0.0619 e. The minimum atomic E-state index is 0.465. The van der Waals surface area contributed by atoms with E-state index in [4.69, 9.17) is 10.5 Å². The average Bonchev–Trinajstić information content (AvgIpc) is 2.63. The maximum absolute atomic E-state index is 6.32. The first kappa shape index (κ1) is 12.4. The lowest BCUT2D eigenvalue weighted by Crippen LogP contribution is -2.33. The Kier molecular flexibility index (Phi) is 4.26. The molecule has 2 rings (SSSR count). The molecular weight excluding hydrogens is 198 g/mol. The molecule has 4 unspecified atom stereocenters. The molecule has 2 N–H and O–H groups in total. The third-order valence-electron chi connectivity index (χ3n) is 4.39. The summed E-state index contributed by atoms with van der Waals surface area (Å²) in [6.45, 7) is 5.53. The Morgan fingerprint density at radius 3 is 2.38 bits per heavy atom. The summed E-state index contributed by atoms with van der Waals surface area (Å²) in [5.41, 5.74) is 5.80. The Labute approximate surface area is 99.9 Å². The molecule has 0 aromatic heterocycles. The zero-order valence-corrected chi connectivity index (χ0v) is 10.8. The SMILES string of the molecule is CC1CC(C)CC(OC2CCCC2CN)C1. The molecule has 0 spiro atoms. The molecule has 0 saturated heterocycles. The number of nitrogens with two attached hydrogens (primary N) is 1. The minimum absolute atomic E-state index is 0.465. The van der Waals surface area contributed by atoms with Crippen LogP contribution >= 0.6 is 0 Å². The van der Waals surface area contributed by atoms with Crippen molar-refractivity contribution in [1.29, 1.82) is 0 Å². The van der Waals surface area contributed by atoms with E-state index in [1.54, 1.807) is 0 Å². The van der Waals surface area contributed by atoms with Crippen LogP contribution in [0.3, 0.4) is 0 Å². The van der Waals surface area contributed by atoms with Gasteiger partial charge in [-0.05, 0) is 56.4 Å². The average molecular weight is 225 g/mol. The largest absolute Gasteiger partial charge is 0.375 e. The van der Waals surface area contributed by atoms with E-state index in [2.05, 4.69) is 13.8 Å². The fourth-order valence-corrected chi connectivity index (χ4v) is 3.68. The Bertz CT molecular complexity index is 209. The van der Waals surface area contributed by atoms with E-state index in [0.29, 0.717) is 18.1 Å². The highest BCUT2D eigenvalue weighted by Gasteiger charge is 2.32. The molecule has 0 aromatic carbocycles. The van der Waals surface area contributed by atoms with Crippen molar-refractivity contribution in [2.24, 2.45) is 23.5 Å². The summed E-state index contributed by atoms with van der Waals surface area (Å²) in [5.74, 6) is 2.31. The molecule has 2 saturated carbocycles. The van der Waals surface area contributed by atoms with Crippen LogP contribution in [0.25, 0.3) is 0 Å². The Morgan fingerprint density at radius 2 is 1.75 bits per heavy atom. The molecule has 2 fully saturated rings.